The molecule has 0 radical (unpaired) electrons. The fraction of sp³-hybridized carbons (Fsp3) is 0.625. The predicted octanol–water partition coefficient (Wildman–Crippen LogP) is 4.39. The number of allylic oxidation sites excluding steroid dienone is 1. The van der Waals surface area contributed by atoms with Gasteiger partial charge >= 0.3 is 0 Å². The minimum absolute atomic E-state index is 0.0298. The molecule has 0 aliphatic heterocycles. The van der Waals surface area contributed by atoms with Crippen molar-refractivity contribution in [3.63, 3.8) is 0 Å². The molecule has 0 heterocycles. The molecule has 0 N–H and O–H groups in total. The lowest BCUT2D eigenvalue weighted by Gasteiger charge is -2.06. The molecule has 0 aliphatic carbocycles. The average Bonchev–Trinajstić information content (AvgIpc) is 2.11. The Morgan fingerprint density at radius 2 is 2.00 bits per heavy atom. The van der Waals surface area contributed by atoms with Crippen LogP contribution in [-0.2, 0) is 4.79 Å². The smallest absolute Gasteiger partial charge is 0.194 e. The maximum absolute atomic E-state index is 11.4. The third-order valence-electron chi connectivity index (χ3n) is 1.48. The van der Waals surface area contributed by atoms with Crippen molar-refractivity contribution in [3.8, 4) is 0 Å². The molecular weight excluding hydrogens is 298 g/mol. The van der Waals surface area contributed by atoms with Gasteiger partial charge in [0, 0.05) is 0 Å². The van der Waals surface area contributed by atoms with Gasteiger partial charge in [-0.15, -0.1) is 11.6 Å². The Balaban J connectivity index is 4.19. The molecule has 0 unspecified atom stereocenters. The number of Topliss-reactive ketones (excluding diaryl/α,β-unsaturated/α-hetero) is 1. The average molecular weight is 308 g/mol. The van der Waals surface area contributed by atoms with E-state index in [4.69, 9.17) is 34.8 Å². The number of rotatable bonds is 5. The van der Waals surface area contributed by atoms with Crippen molar-refractivity contribution in [1.29, 1.82) is 0 Å². The Morgan fingerprint density at radius 1 is 1.46 bits per heavy atom. The van der Waals surface area contributed by atoms with Crippen LogP contribution in [0, 0.1) is 0 Å². The van der Waals surface area contributed by atoms with Crippen LogP contribution in [0.15, 0.2) is 8.97 Å². The first-order valence-electron chi connectivity index (χ1n) is 3.89. The van der Waals surface area contributed by atoms with Crippen LogP contribution in [0.3, 0.4) is 0 Å². The third-order valence-corrected chi connectivity index (χ3v) is 3.18. The number of hydrogen-bond donors (Lipinski definition) is 0. The molecule has 0 fully saturated rings. The van der Waals surface area contributed by atoms with E-state index >= 15 is 0 Å². The van der Waals surface area contributed by atoms with Gasteiger partial charge in [-0.2, -0.15) is 0 Å². The van der Waals surface area contributed by atoms with Crippen LogP contribution >= 0.6 is 50.7 Å². The van der Waals surface area contributed by atoms with Gasteiger partial charge in [-0.1, -0.05) is 43.0 Å². The molecule has 0 rings (SSSR count). The molecule has 0 bridgehead atoms. The van der Waals surface area contributed by atoms with E-state index < -0.39 is 5.38 Å². The molecule has 0 saturated heterocycles. The van der Waals surface area contributed by atoms with Gasteiger partial charge in [-0.3, -0.25) is 4.79 Å². The lowest BCUT2D eigenvalue weighted by atomic mass is 10.1. The van der Waals surface area contributed by atoms with Crippen LogP contribution in [0.4, 0.5) is 0 Å². The fourth-order valence-corrected chi connectivity index (χ4v) is 1.48. The van der Waals surface area contributed by atoms with Crippen molar-refractivity contribution in [2.75, 3.05) is 0 Å². The van der Waals surface area contributed by atoms with Gasteiger partial charge in [0.25, 0.3) is 0 Å². The molecule has 0 amide bonds. The highest BCUT2D eigenvalue weighted by Gasteiger charge is 2.19. The summed E-state index contributed by atoms with van der Waals surface area (Å²) in [4.78, 5) is 11.4. The predicted molar refractivity (Wildman–Crippen MR) is 61.8 cm³/mol. The number of carbonyl (C=O) groups excluding carboxylic acids is 1. The number of carbonyl (C=O) groups is 1. The Morgan fingerprint density at radius 3 is 2.38 bits per heavy atom. The van der Waals surface area contributed by atoms with Gasteiger partial charge < -0.3 is 0 Å². The minimum Gasteiger partial charge on any atom is -0.291 e. The quantitative estimate of drug-likeness (QED) is 0.543. The minimum atomic E-state index is -0.571. The molecule has 0 aromatic rings. The third kappa shape index (κ3) is 5.26. The zero-order chi connectivity index (χ0) is 10.4. The van der Waals surface area contributed by atoms with Gasteiger partial charge in [0.15, 0.2) is 5.78 Å². The second-order valence-electron chi connectivity index (χ2n) is 2.55. The van der Waals surface area contributed by atoms with Crippen molar-refractivity contribution in [3.05, 3.63) is 8.97 Å². The van der Waals surface area contributed by atoms with Crippen molar-refractivity contribution in [2.24, 2.45) is 0 Å². The lowest BCUT2D eigenvalue weighted by molar-refractivity contribution is -0.114. The van der Waals surface area contributed by atoms with Crippen LogP contribution in [0.1, 0.15) is 26.2 Å². The molecule has 1 nitrogen and oxygen atoms in total. The highest BCUT2D eigenvalue weighted by atomic mass is 79.9. The Labute approximate surface area is 102 Å². The summed E-state index contributed by atoms with van der Waals surface area (Å²) in [5.41, 5.74) is 0. The summed E-state index contributed by atoms with van der Waals surface area (Å²) in [7, 11) is 0. The topological polar surface area (TPSA) is 17.1 Å². The molecule has 0 saturated carbocycles. The van der Waals surface area contributed by atoms with E-state index in [-0.39, 0.29) is 14.8 Å². The Hall–Kier alpha value is 0.760. The first-order valence-corrected chi connectivity index (χ1v) is 5.88. The van der Waals surface area contributed by atoms with E-state index in [0.29, 0.717) is 6.42 Å². The van der Waals surface area contributed by atoms with Crippen molar-refractivity contribution in [1.82, 2.24) is 0 Å². The number of unbranched alkanes of at least 4 members (excludes halogenated alkanes) is 1. The van der Waals surface area contributed by atoms with Crippen LogP contribution in [0.2, 0.25) is 0 Å². The first-order chi connectivity index (χ1) is 6.00. The molecule has 1 atom stereocenters. The Bertz CT molecular complexity index is 211. The van der Waals surface area contributed by atoms with E-state index in [1.807, 2.05) is 6.92 Å². The van der Waals surface area contributed by atoms with Gasteiger partial charge in [0.2, 0.25) is 0 Å². The van der Waals surface area contributed by atoms with Crippen molar-refractivity contribution < 1.29 is 4.79 Å². The molecule has 0 aliphatic rings. The van der Waals surface area contributed by atoms with Crippen LogP contribution in [0.5, 0.6) is 0 Å². The zero-order valence-corrected chi connectivity index (χ0v) is 11.0. The second-order valence-corrected chi connectivity index (χ2v) is 5.08. The molecule has 76 valence electrons. The highest BCUT2D eigenvalue weighted by molar-refractivity contribution is 9.12. The summed E-state index contributed by atoms with van der Waals surface area (Å²) in [6.45, 7) is 2.03. The second kappa shape index (κ2) is 7.10. The molecule has 0 aromatic heterocycles. The highest BCUT2D eigenvalue weighted by Crippen LogP contribution is 2.24. The SMILES string of the molecule is CCCC[C@@H](Cl)C(=O)C(Cl)=C(Cl)Br. The number of ketones is 1. The van der Waals surface area contributed by atoms with E-state index in [9.17, 15) is 4.79 Å². The summed E-state index contributed by atoms with van der Waals surface area (Å²) in [6, 6.07) is 0. The van der Waals surface area contributed by atoms with Crippen LogP contribution in [-0.4, -0.2) is 11.2 Å². The maximum atomic E-state index is 11.4. The van der Waals surface area contributed by atoms with Gasteiger partial charge in [0.05, 0.1) is 5.38 Å². The lowest BCUT2D eigenvalue weighted by Crippen LogP contribution is -2.14. The summed E-state index contributed by atoms with van der Waals surface area (Å²) in [6.07, 6.45) is 2.54. The molecule has 5 heteroatoms. The zero-order valence-electron chi connectivity index (χ0n) is 7.12. The summed E-state index contributed by atoms with van der Waals surface area (Å²) in [5.74, 6) is -0.321. The van der Waals surface area contributed by atoms with Crippen molar-refractivity contribution >= 4 is 56.5 Å². The van der Waals surface area contributed by atoms with E-state index in [0.717, 1.165) is 12.8 Å². The van der Waals surface area contributed by atoms with Crippen LogP contribution < -0.4 is 0 Å². The van der Waals surface area contributed by atoms with Gasteiger partial charge in [-0.25, -0.2) is 0 Å². The largest absolute Gasteiger partial charge is 0.291 e. The number of alkyl halides is 1. The molecule has 13 heavy (non-hydrogen) atoms. The van der Waals surface area contributed by atoms with Crippen LogP contribution in [0.25, 0.3) is 0 Å². The van der Waals surface area contributed by atoms with Gasteiger partial charge in [0.1, 0.15) is 8.97 Å². The van der Waals surface area contributed by atoms with Gasteiger partial charge in [-0.05, 0) is 22.4 Å². The molecule has 0 spiro atoms. The monoisotopic (exact) mass is 306 g/mol. The van der Waals surface area contributed by atoms with E-state index in [1.54, 1.807) is 0 Å². The van der Waals surface area contributed by atoms with E-state index in [1.165, 1.54) is 0 Å². The Kier molecular flexibility index (Phi) is 7.52. The molecule has 0 aromatic carbocycles. The fourth-order valence-electron chi connectivity index (χ4n) is 0.745. The summed E-state index contributed by atoms with van der Waals surface area (Å²) >= 11 is 19.8. The number of halogens is 4. The van der Waals surface area contributed by atoms with E-state index in [2.05, 4.69) is 15.9 Å². The van der Waals surface area contributed by atoms with Crippen molar-refractivity contribution in [2.45, 2.75) is 31.6 Å². The standard InChI is InChI=1S/C8H10BrCl3O/c1-2-3-4-5(10)7(13)6(11)8(9)12/h5H,2-4H2,1H3/t5-/m1/s1. The summed E-state index contributed by atoms with van der Waals surface area (Å²) < 4.78 is 0.112. The summed E-state index contributed by atoms with van der Waals surface area (Å²) in [5, 5.41) is -0.600. The normalized spacial score (nSPS) is 15.2. The first kappa shape index (κ1) is 13.8. The molecular formula is C8H10BrCl3O. The number of hydrogen-bond acceptors (Lipinski definition) is 1. The maximum Gasteiger partial charge on any atom is 0.194 e.